The van der Waals surface area contributed by atoms with E-state index in [-0.39, 0.29) is 24.5 Å². The molecule has 0 saturated carbocycles. The maximum absolute atomic E-state index is 12.0. The number of hydrogen-bond acceptors (Lipinski definition) is 5. The highest BCUT2D eigenvalue weighted by Gasteiger charge is 2.22. The third-order valence-corrected chi connectivity index (χ3v) is 3.26. The number of benzene rings is 1. The van der Waals surface area contributed by atoms with E-state index in [1.165, 1.54) is 6.07 Å². The zero-order valence-electron chi connectivity index (χ0n) is 13.3. The van der Waals surface area contributed by atoms with Crippen molar-refractivity contribution in [2.75, 3.05) is 13.2 Å². The number of aryl methyl sites for hydroxylation is 2. The van der Waals surface area contributed by atoms with E-state index < -0.39 is 11.9 Å². The number of carbonyl (C=O) groups is 2. The van der Waals surface area contributed by atoms with Crippen LogP contribution in [0.2, 0.25) is 0 Å². The molecule has 1 heterocycles. The van der Waals surface area contributed by atoms with E-state index in [2.05, 4.69) is 0 Å². The van der Waals surface area contributed by atoms with Crippen molar-refractivity contribution in [2.24, 2.45) is 0 Å². The summed E-state index contributed by atoms with van der Waals surface area (Å²) in [6.45, 7) is 3.95. The summed E-state index contributed by atoms with van der Waals surface area (Å²) in [7, 11) is 0. The number of carbonyl (C=O) groups excluding carboxylic acids is 2. The van der Waals surface area contributed by atoms with Crippen molar-refractivity contribution in [2.45, 2.75) is 26.7 Å². The van der Waals surface area contributed by atoms with Gasteiger partial charge in [0.05, 0.1) is 13.2 Å². The molecule has 0 aliphatic carbocycles. The van der Waals surface area contributed by atoms with Crippen LogP contribution in [0.5, 0.6) is 0 Å². The Kier molecular flexibility index (Phi) is 5.97. The van der Waals surface area contributed by atoms with Crippen molar-refractivity contribution in [3.63, 3.8) is 0 Å². The Balaban J connectivity index is 2.20. The first kappa shape index (κ1) is 16.8. The van der Waals surface area contributed by atoms with Gasteiger partial charge in [0.15, 0.2) is 0 Å². The van der Waals surface area contributed by atoms with E-state index in [0.717, 1.165) is 5.56 Å². The SMILES string of the molecule is CCOC(=O)c1cc(C(=O)OCC)c(CCc2ccccc2)o1. The molecule has 0 unspecified atom stereocenters. The van der Waals surface area contributed by atoms with E-state index in [1.807, 2.05) is 30.3 Å². The molecule has 0 N–H and O–H groups in total. The summed E-state index contributed by atoms with van der Waals surface area (Å²) >= 11 is 0. The summed E-state index contributed by atoms with van der Waals surface area (Å²) in [6, 6.07) is 11.2. The van der Waals surface area contributed by atoms with Crippen LogP contribution in [0.3, 0.4) is 0 Å². The summed E-state index contributed by atoms with van der Waals surface area (Å²) < 4.78 is 15.5. The fourth-order valence-corrected chi connectivity index (χ4v) is 2.20. The number of hydrogen-bond donors (Lipinski definition) is 0. The van der Waals surface area contributed by atoms with Crippen LogP contribution < -0.4 is 0 Å². The molecule has 0 bridgehead atoms. The first-order valence-electron chi connectivity index (χ1n) is 7.66. The van der Waals surface area contributed by atoms with Gasteiger partial charge in [-0.05, 0) is 25.8 Å². The summed E-state index contributed by atoms with van der Waals surface area (Å²) in [6.07, 6.45) is 1.20. The van der Waals surface area contributed by atoms with Crippen LogP contribution in [0.25, 0.3) is 0 Å². The molecule has 0 aliphatic heterocycles. The highest BCUT2D eigenvalue weighted by molar-refractivity contribution is 5.95. The molecule has 5 nitrogen and oxygen atoms in total. The van der Waals surface area contributed by atoms with Gasteiger partial charge in [0, 0.05) is 12.5 Å². The highest BCUT2D eigenvalue weighted by atomic mass is 16.5. The van der Waals surface area contributed by atoms with Crippen molar-refractivity contribution in [1.82, 2.24) is 0 Å². The average Bonchev–Trinajstić information content (AvgIpc) is 2.99. The lowest BCUT2D eigenvalue weighted by molar-refractivity contribution is 0.0485. The minimum absolute atomic E-state index is 0.0259. The minimum Gasteiger partial charge on any atom is -0.462 e. The second-order valence-corrected chi connectivity index (χ2v) is 4.87. The predicted octanol–water partition coefficient (Wildman–Crippen LogP) is 3.42. The van der Waals surface area contributed by atoms with Crippen molar-refractivity contribution >= 4 is 11.9 Å². The van der Waals surface area contributed by atoms with E-state index in [0.29, 0.717) is 18.6 Å². The molecule has 0 atom stereocenters. The van der Waals surface area contributed by atoms with Gasteiger partial charge >= 0.3 is 11.9 Å². The molecule has 23 heavy (non-hydrogen) atoms. The average molecular weight is 316 g/mol. The third-order valence-electron chi connectivity index (χ3n) is 3.26. The molecule has 122 valence electrons. The van der Waals surface area contributed by atoms with E-state index in [9.17, 15) is 9.59 Å². The number of furan rings is 1. The van der Waals surface area contributed by atoms with Crippen LogP contribution >= 0.6 is 0 Å². The lowest BCUT2D eigenvalue weighted by Gasteiger charge is -2.03. The highest BCUT2D eigenvalue weighted by Crippen LogP contribution is 2.20. The molecule has 0 spiro atoms. The number of ether oxygens (including phenoxy) is 2. The van der Waals surface area contributed by atoms with Gasteiger partial charge in [0.1, 0.15) is 11.3 Å². The molecule has 0 aliphatic rings. The molecular formula is C18H20O5. The van der Waals surface area contributed by atoms with Crippen LogP contribution in [0.1, 0.15) is 46.1 Å². The van der Waals surface area contributed by atoms with Gasteiger partial charge in [-0.1, -0.05) is 30.3 Å². The molecule has 2 rings (SSSR count). The van der Waals surface area contributed by atoms with E-state index in [4.69, 9.17) is 13.9 Å². The fourth-order valence-electron chi connectivity index (χ4n) is 2.20. The zero-order chi connectivity index (χ0) is 16.7. The van der Waals surface area contributed by atoms with Gasteiger partial charge < -0.3 is 13.9 Å². The van der Waals surface area contributed by atoms with Crippen molar-refractivity contribution in [1.29, 1.82) is 0 Å². The first-order chi connectivity index (χ1) is 11.2. The topological polar surface area (TPSA) is 65.7 Å². The quantitative estimate of drug-likeness (QED) is 0.732. The lowest BCUT2D eigenvalue weighted by atomic mass is 10.1. The Hall–Kier alpha value is -2.56. The molecule has 1 aromatic carbocycles. The van der Waals surface area contributed by atoms with Crippen LogP contribution in [0, 0.1) is 0 Å². The molecule has 0 saturated heterocycles. The monoisotopic (exact) mass is 316 g/mol. The van der Waals surface area contributed by atoms with Crippen molar-refractivity contribution in [3.8, 4) is 0 Å². The van der Waals surface area contributed by atoms with Crippen molar-refractivity contribution < 1.29 is 23.5 Å². The summed E-state index contributed by atoms with van der Waals surface area (Å²) in [4.78, 5) is 23.8. The van der Waals surface area contributed by atoms with Crippen LogP contribution in [0.4, 0.5) is 0 Å². The van der Waals surface area contributed by atoms with Gasteiger partial charge in [-0.2, -0.15) is 0 Å². The standard InChI is InChI=1S/C18H20O5/c1-3-21-17(19)14-12-16(18(20)22-4-2)23-15(14)11-10-13-8-6-5-7-9-13/h5-9,12H,3-4,10-11H2,1-2H3. The second kappa shape index (κ2) is 8.17. The van der Waals surface area contributed by atoms with E-state index >= 15 is 0 Å². The maximum Gasteiger partial charge on any atom is 0.374 e. The molecule has 5 heteroatoms. The second-order valence-electron chi connectivity index (χ2n) is 4.87. The summed E-state index contributed by atoms with van der Waals surface area (Å²) in [5.74, 6) is -0.604. The summed E-state index contributed by atoms with van der Waals surface area (Å²) in [5.41, 5.74) is 1.40. The fraction of sp³-hybridized carbons (Fsp3) is 0.333. The van der Waals surface area contributed by atoms with Gasteiger partial charge in [0.2, 0.25) is 5.76 Å². The van der Waals surface area contributed by atoms with Crippen LogP contribution in [-0.2, 0) is 22.3 Å². The van der Waals surface area contributed by atoms with Gasteiger partial charge in [-0.3, -0.25) is 0 Å². The Labute approximate surface area is 135 Å². The normalized spacial score (nSPS) is 10.3. The Morgan fingerprint density at radius 1 is 0.957 bits per heavy atom. The minimum atomic E-state index is -0.580. The lowest BCUT2D eigenvalue weighted by Crippen LogP contribution is -2.07. The zero-order valence-corrected chi connectivity index (χ0v) is 13.3. The molecule has 0 radical (unpaired) electrons. The molecule has 0 amide bonds. The number of esters is 2. The smallest absolute Gasteiger partial charge is 0.374 e. The Morgan fingerprint density at radius 2 is 1.61 bits per heavy atom. The molecule has 2 aromatic rings. The summed E-state index contributed by atoms with van der Waals surface area (Å²) in [5, 5.41) is 0. The van der Waals surface area contributed by atoms with Gasteiger partial charge in [-0.15, -0.1) is 0 Å². The van der Waals surface area contributed by atoms with Gasteiger partial charge in [0.25, 0.3) is 0 Å². The Bertz CT molecular complexity index is 657. The van der Waals surface area contributed by atoms with Crippen molar-refractivity contribution in [3.05, 3.63) is 59.0 Å². The molecular weight excluding hydrogens is 296 g/mol. The predicted molar refractivity (Wildman–Crippen MR) is 84.5 cm³/mol. The maximum atomic E-state index is 12.0. The van der Waals surface area contributed by atoms with Gasteiger partial charge in [-0.25, -0.2) is 9.59 Å². The first-order valence-corrected chi connectivity index (χ1v) is 7.66. The van der Waals surface area contributed by atoms with E-state index in [1.54, 1.807) is 13.8 Å². The molecule has 0 fully saturated rings. The molecule has 1 aromatic heterocycles. The third kappa shape index (κ3) is 4.45. The number of rotatable bonds is 7. The largest absolute Gasteiger partial charge is 0.462 e. The van der Waals surface area contributed by atoms with Crippen LogP contribution in [0.15, 0.2) is 40.8 Å². The van der Waals surface area contributed by atoms with Crippen LogP contribution in [-0.4, -0.2) is 25.2 Å². The Morgan fingerprint density at radius 3 is 2.26 bits per heavy atom.